The molecule has 0 radical (unpaired) electrons. The van der Waals surface area contributed by atoms with Gasteiger partial charge in [0.25, 0.3) is 5.56 Å². The molecule has 3 N–H and O–H groups in total. The van der Waals surface area contributed by atoms with Crippen LogP contribution in [0.15, 0.2) is 15.5 Å². The molecule has 0 bridgehead atoms. The Kier molecular flexibility index (Phi) is 6.46. The van der Waals surface area contributed by atoms with Gasteiger partial charge in [-0.15, -0.1) is 0 Å². The van der Waals surface area contributed by atoms with E-state index in [0.29, 0.717) is 23.2 Å². The molecule has 1 aromatic heterocycles. The molecule has 2 amide bonds. The fraction of sp³-hybridized carbons (Fsp3) is 0.545. The molecular formula is C11H18BrN5O3. The number of anilines is 1. The molecule has 1 rings (SSSR count). The van der Waals surface area contributed by atoms with Crippen LogP contribution in [0, 0.1) is 0 Å². The average molecular weight is 348 g/mol. The Morgan fingerprint density at radius 2 is 2.20 bits per heavy atom. The van der Waals surface area contributed by atoms with Crippen molar-refractivity contribution >= 4 is 27.6 Å². The van der Waals surface area contributed by atoms with Gasteiger partial charge in [0, 0.05) is 27.2 Å². The van der Waals surface area contributed by atoms with E-state index in [9.17, 15) is 9.59 Å². The van der Waals surface area contributed by atoms with E-state index in [-0.39, 0.29) is 24.7 Å². The van der Waals surface area contributed by atoms with Crippen molar-refractivity contribution in [3.05, 3.63) is 21.0 Å². The lowest BCUT2D eigenvalue weighted by molar-refractivity contribution is 0.218. The summed E-state index contributed by atoms with van der Waals surface area (Å²) >= 11 is 3.19. The Labute approximate surface area is 124 Å². The smallest absolute Gasteiger partial charge is 0.316 e. The van der Waals surface area contributed by atoms with Gasteiger partial charge in [0.15, 0.2) is 0 Å². The first kappa shape index (κ1) is 16.4. The molecule has 0 atom stereocenters. The summed E-state index contributed by atoms with van der Waals surface area (Å²) < 4.78 is 1.52. The van der Waals surface area contributed by atoms with E-state index < -0.39 is 0 Å². The Morgan fingerprint density at radius 3 is 2.80 bits per heavy atom. The number of aliphatic hydroxyl groups is 1. The average Bonchev–Trinajstić information content (AvgIpc) is 2.41. The minimum absolute atomic E-state index is 0.149. The van der Waals surface area contributed by atoms with E-state index in [4.69, 9.17) is 5.11 Å². The van der Waals surface area contributed by atoms with Crippen molar-refractivity contribution in [3.63, 3.8) is 0 Å². The lowest BCUT2D eigenvalue weighted by Gasteiger charge is -2.13. The summed E-state index contributed by atoms with van der Waals surface area (Å²) in [4.78, 5) is 24.6. The number of urea groups is 1. The molecule has 0 saturated carbocycles. The largest absolute Gasteiger partial charge is 0.394 e. The first-order chi connectivity index (χ1) is 9.47. The summed E-state index contributed by atoms with van der Waals surface area (Å²) in [5, 5.41) is 18.4. The summed E-state index contributed by atoms with van der Waals surface area (Å²) in [5.74, 6) is 0. The van der Waals surface area contributed by atoms with Crippen molar-refractivity contribution in [1.29, 1.82) is 0 Å². The van der Waals surface area contributed by atoms with Crippen LogP contribution in [0.25, 0.3) is 0 Å². The maximum absolute atomic E-state index is 11.8. The van der Waals surface area contributed by atoms with Gasteiger partial charge in [-0.3, -0.25) is 4.79 Å². The number of carbonyl (C=O) groups is 1. The van der Waals surface area contributed by atoms with Crippen LogP contribution in [0.5, 0.6) is 0 Å². The normalized spacial score (nSPS) is 10.2. The van der Waals surface area contributed by atoms with Gasteiger partial charge in [0.05, 0.1) is 25.0 Å². The molecule has 1 aromatic rings. The third-order valence-electron chi connectivity index (χ3n) is 2.42. The zero-order valence-electron chi connectivity index (χ0n) is 11.4. The molecular weight excluding hydrogens is 330 g/mol. The topological polar surface area (TPSA) is 99.5 Å². The molecule has 9 heteroatoms. The highest BCUT2D eigenvalue weighted by molar-refractivity contribution is 9.10. The molecule has 0 fully saturated rings. The van der Waals surface area contributed by atoms with Crippen LogP contribution in [-0.4, -0.2) is 59.6 Å². The predicted octanol–water partition coefficient (Wildman–Crippen LogP) is -0.319. The van der Waals surface area contributed by atoms with Crippen LogP contribution in [-0.2, 0) is 6.54 Å². The number of amides is 2. The summed E-state index contributed by atoms with van der Waals surface area (Å²) in [7, 11) is 3.31. The maximum Gasteiger partial charge on any atom is 0.316 e. The highest BCUT2D eigenvalue weighted by atomic mass is 79.9. The van der Waals surface area contributed by atoms with Gasteiger partial charge in [0.1, 0.15) is 4.47 Å². The predicted molar refractivity (Wildman–Crippen MR) is 78.9 cm³/mol. The summed E-state index contributed by atoms with van der Waals surface area (Å²) in [5.41, 5.74) is 0.227. The molecule has 0 aromatic carbocycles. The lowest BCUT2D eigenvalue weighted by Crippen LogP contribution is -2.37. The maximum atomic E-state index is 11.8. The van der Waals surface area contributed by atoms with Crippen molar-refractivity contribution in [2.45, 2.75) is 6.54 Å². The number of hydrogen-bond donors (Lipinski definition) is 3. The summed E-state index contributed by atoms with van der Waals surface area (Å²) in [6.45, 7) is 0.881. The van der Waals surface area contributed by atoms with Crippen LogP contribution in [0.1, 0.15) is 0 Å². The molecule has 0 spiro atoms. The quantitative estimate of drug-likeness (QED) is 0.612. The Bertz CT molecular complexity index is 517. The molecule has 0 unspecified atom stereocenters. The molecule has 0 aliphatic carbocycles. The van der Waals surface area contributed by atoms with Gasteiger partial charge in [0.2, 0.25) is 0 Å². The fourth-order valence-corrected chi connectivity index (χ4v) is 1.81. The first-order valence-electron chi connectivity index (χ1n) is 6.03. The van der Waals surface area contributed by atoms with E-state index in [1.807, 2.05) is 0 Å². The molecule has 20 heavy (non-hydrogen) atoms. The third kappa shape index (κ3) is 4.49. The SMILES string of the molecule is CN(C)C(=O)NCCNc1cnn(CCO)c(=O)c1Br. The van der Waals surface area contributed by atoms with Gasteiger partial charge in [-0.1, -0.05) is 0 Å². The van der Waals surface area contributed by atoms with Gasteiger partial charge in [-0.05, 0) is 15.9 Å². The first-order valence-corrected chi connectivity index (χ1v) is 6.82. The van der Waals surface area contributed by atoms with E-state index in [2.05, 4.69) is 31.7 Å². The number of nitrogens with one attached hydrogen (secondary N) is 2. The van der Waals surface area contributed by atoms with Crippen LogP contribution in [0.4, 0.5) is 10.5 Å². The number of carbonyl (C=O) groups excluding carboxylic acids is 1. The number of nitrogens with zero attached hydrogens (tertiary/aromatic N) is 3. The second-order valence-electron chi connectivity index (χ2n) is 4.18. The zero-order valence-corrected chi connectivity index (χ0v) is 13.0. The third-order valence-corrected chi connectivity index (χ3v) is 3.19. The monoisotopic (exact) mass is 347 g/mol. The van der Waals surface area contributed by atoms with E-state index in [1.165, 1.54) is 15.8 Å². The van der Waals surface area contributed by atoms with E-state index >= 15 is 0 Å². The van der Waals surface area contributed by atoms with Crippen molar-refractivity contribution in [2.24, 2.45) is 0 Å². The number of aromatic nitrogens is 2. The Morgan fingerprint density at radius 1 is 1.50 bits per heavy atom. The molecule has 0 saturated heterocycles. The Hall–Kier alpha value is -1.61. The van der Waals surface area contributed by atoms with Crippen LogP contribution < -0.4 is 16.2 Å². The number of hydrogen-bond acceptors (Lipinski definition) is 5. The van der Waals surface area contributed by atoms with Crippen molar-refractivity contribution in [2.75, 3.05) is 39.1 Å². The van der Waals surface area contributed by atoms with Gasteiger partial charge in [-0.25, -0.2) is 9.48 Å². The van der Waals surface area contributed by atoms with Gasteiger partial charge in [-0.2, -0.15) is 5.10 Å². The number of aliphatic hydroxyl groups excluding tert-OH is 1. The lowest BCUT2D eigenvalue weighted by atomic mass is 10.4. The Balaban J connectivity index is 2.55. The molecule has 0 aliphatic heterocycles. The van der Waals surface area contributed by atoms with Crippen LogP contribution in [0.3, 0.4) is 0 Å². The van der Waals surface area contributed by atoms with Crippen molar-refractivity contribution in [3.8, 4) is 0 Å². The summed E-state index contributed by atoms with van der Waals surface area (Å²) in [6.07, 6.45) is 1.49. The highest BCUT2D eigenvalue weighted by Crippen LogP contribution is 2.15. The number of rotatable bonds is 6. The molecule has 8 nitrogen and oxygen atoms in total. The zero-order chi connectivity index (χ0) is 15.1. The van der Waals surface area contributed by atoms with Crippen molar-refractivity contribution in [1.82, 2.24) is 20.0 Å². The minimum Gasteiger partial charge on any atom is -0.394 e. The minimum atomic E-state index is -0.318. The standard InChI is InChI=1S/C11H18BrN5O3/c1-16(2)11(20)14-4-3-13-8-7-15-17(5-6-18)10(19)9(8)12/h7,13,18H,3-6H2,1-2H3,(H,14,20). The molecule has 1 heterocycles. The molecule has 0 aliphatic rings. The van der Waals surface area contributed by atoms with Gasteiger partial charge < -0.3 is 20.6 Å². The van der Waals surface area contributed by atoms with E-state index in [0.717, 1.165) is 0 Å². The summed E-state index contributed by atoms with van der Waals surface area (Å²) in [6, 6.07) is -0.178. The second kappa shape index (κ2) is 7.85. The molecule has 112 valence electrons. The number of halogens is 1. The second-order valence-corrected chi connectivity index (χ2v) is 4.97. The van der Waals surface area contributed by atoms with Crippen LogP contribution >= 0.6 is 15.9 Å². The van der Waals surface area contributed by atoms with Gasteiger partial charge >= 0.3 is 6.03 Å². The fourth-order valence-electron chi connectivity index (χ4n) is 1.37. The van der Waals surface area contributed by atoms with E-state index in [1.54, 1.807) is 14.1 Å². The van der Waals surface area contributed by atoms with Crippen molar-refractivity contribution < 1.29 is 9.90 Å². The van der Waals surface area contributed by atoms with Crippen LogP contribution in [0.2, 0.25) is 0 Å². The highest BCUT2D eigenvalue weighted by Gasteiger charge is 2.08.